The molecule has 0 aromatic heterocycles. The largest absolute Gasteiger partial charge is 0.488 e. The van der Waals surface area contributed by atoms with Gasteiger partial charge in [-0.1, -0.05) is 15.9 Å². The fourth-order valence-electron chi connectivity index (χ4n) is 2.57. The number of carbonyl (C=O) groups is 1. The normalized spacial score (nSPS) is 18.4. The number of halogens is 1. The van der Waals surface area contributed by atoms with E-state index in [4.69, 9.17) is 4.74 Å². The molecule has 1 amide bonds. The minimum absolute atomic E-state index is 0.130. The van der Waals surface area contributed by atoms with Gasteiger partial charge in [-0.2, -0.15) is 0 Å². The van der Waals surface area contributed by atoms with Gasteiger partial charge in [0.05, 0.1) is 5.57 Å². The Balaban J connectivity index is 1.83. The van der Waals surface area contributed by atoms with Crippen LogP contribution in [-0.4, -0.2) is 30.5 Å². The number of piperidine rings is 1. The van der Waals surface area contributed by atoms with Crippen molar-refractivity contribution in [3.05, 3.63) is 33.8 Å². The fraction of sp³-hybridized carbons (Fsp3) is 0.400. The number of benzene rings is 1. The van der Waals surface area contributed by atoms with Gasteiger partial charge < -0.3 is 9.64 Å². The number of hydrogen-bond donors (Lipinski definition) is 0. The van der Waals surface area contributed by atoms with E-state index < -0.39 is 0 Å². The number of likely N-dealkylation sites (tertiary alicyclic amines) is 1. The van der Waals surface area contributed by atoms with Crippen LogP contribution in [0.25, 0.3) is 6.08 Å². The highest BCUT2D eigenvalue weighted by molar-refractivity contribution is 9.10. The molecule has 0 spiro atoms. The maximum Gasteiger partial charge on any atom is 0.253 e. The minimum atomic E-state index is 0.130. The van der Waals surface area contributed by atoms with Crippen molar-refractivity contribution in [1.82, 2.24) is 4.90 Å². The van der Waals surface area contributed by atoms with Crippen LogP contribution in [0.5, 0.6) is 5.75 Å². The third-order valence-corrected chi connectivity index (χ3v) is 4.10. The second-order valence-corrected chi connectivity index (χ2v) is 5.91. The van der Waals surface area contributed by atoms with Gasteiger partial charge in [-0.05, 0) is 43.5 Å². The van der Waals surface area contributed by atoms with E-state index in [1.807, 2.05) is 29.2 Å². The van der Waals surface area contributed by atoms with Gasteiger partial charge in [-0.25, -0.2) is 0 Å². The van der Waals surface area contributed by atoms with Crippen molar-refractivity contribution < 1.29 is 9.53 Å². The quantitative estimate of drug-likeness (QED) is 0.794. The van der Waals surface area contributed by atoms with Crippen LogP contribution in [-0.2, 0) is 4.79 Å². The second kappa shape index (κ2) is 5.37. The zero-order valence-electron chi connectivity index (χ0n) is 10.7. The molecule has 3 rings (SSSR count). The minimum Gasteiger partial charge on any atom is -0.488 e. The van der Waals surface area contributed by atoms with Crippen molar-refractivity contribution in [3.8, 4) is 5.75 Å². The Morgan fingerprint density at radius 3 is 2.79 bits per heavy atom. The molecule has 2 heterocycles. The van der Waals surface area contributed by atoms with Gasteiger partial charge in [0.1, 0.15) is 12.4 Å². The Kier molecular flexibility index (Phi) is 3.60. The number of nitrogens with zero attached hydrogens (tertiary/aromatic N) is 1. The lowest BCUT2D eigenvalue weighted by Crippen LogP contribution is -2.38. The summed E-state index contributed by atoms with van der Waals surface area (Å²) in [4.78, 5) is 14.4. The van der Waals surface area contributed by atoms with E-state index in [1.54, 1.807) is 0 Å². The van der Waals surface area contributed by atoms with Crippen molar-refractivity contribution in [2.45, 2.75) is 19.3 Å². The van der Waals surface area contributed by atoms with Gasteiger partial charge in [-0.3, -0.25) is 4.79 Å². The molecule has 3 nitrogen and oxygen atoms in total. The van der Waals surface area contributed by atoms with Gasteiger partial charge in [0.15, 0.2) is 0 Å². The summed E-state index contributed by atoms with van der Waals surface area (Å²) in [6.45, 7) is 2.13. The first-order valence-electron chi connectivity index (χ1n) is 6.66. The summed E-state index contributed by atoms with van der Waals surface area (Å²) in [7, 11) is 0. The first-order chi connectivity index (χ1) is 9.24. The summed E-state index contributed by atoms with van der Waals surface area (Å²) < 4.78 is 6.66. The number of carbonyl (C=O) groups excluding carboxylic acids is 1. The highest BCUT2D eigenvalue weighted by Gasteiger charge is 2.23. The molecule has 1 fully saturated rings. The molecule has 1 saturated heterocycles. The van der Waals surface area contributed by atoms with E-state index in [0.29, 0.717) is 6.61 Å². The molecule has 0 N–H and O–H groups in total. The number of ether oxygens (including phenoxy) is 1. The SMILES string of the molecule is O=C(C1=Cc2cc(Br)ccc2OC1)N1CCCCC1. The van der Waals surface area contributed by atoms with Gasteiger partial charge in [0.2, 0.25) is 0 Å². The molecule has 0 bridgehead atoms. The molecule has 4 heteroatoms. The Morgan fingerprint density at radius 1 is 1.21 bits per heavy atom. The Morgan fingerprint density at radius 2 is 2.00 bits per heavy atom. The number of rotatable bonds is 1. The van der Waals surface area contributed by atoms with Gasteiger partial charge in [0, 0.05) is 23.1 Å². The monoisotopic (exact) mass is 321 g/mol. The van der Waals surface area contributed by atoms with Crippen LogP contribution in [0.4, 0.5) is 0 Å². The summed E-state index contributed by atoms with van der Waals surface area (Å²) in [5, 5.41) is 0. The van der Waals surface area contributed by atoms with E-state index >= 15 is 0 Å². The van der Waals surface area contributed by atoms with Crippen LogP contribution in [0.1, 0.15) is 24.8 Å². The number of fused-ring (bicyclic) bond motifs is 1. The summed E-state index contributed by atoms with van der Waals surface area (Å²) in [5.74, 6) is 0.976. The molecule has 0 saturated carbocycles. The van der Waals surface area contributed by atoms with Crippen LogP contribution in [0.15, 0.2) is 28.2 Å². The highest BCUT2D eigenvalue weighted by atomic mass is 79.9. The third-order valence-electron chi connectivity index (χ3n) is 3.60. The average Bonchev–Trinajstić information content (AvgIpc) is 2.46. The molecule has 0 radical (unpaired) electrons. The molecule has 19 heavy (non-hydrogen) atoms. The zero-order chi connectivity index (χ0) is 13.2. The molecule has 100 valence electrons. The molecule has 0 aliphatic carbocycles. The van der Waals surface area contributed by atoms with Crippen molar-refractivity contribution in [3.63, 3.8) is 0 Å². The van der Waals surface area contributed by atoms with Crippen LogP contribution in [0, 0.1) is 0 Å². The summed E-state index contributed by atoms with van der Waals surface area (Å²) >= 11 is 3.44. The molecule has 0 atom stereocenters. The summed E-state index contributed by atoms with van der Waals surface area (Å²) in [6, 6.07) is 5.86. The maximum absolute atomic E-state index is 12.4. The molecule has 1 aromatic carbocycles. The van der Waals surface area contributed by atoms with E-state index in [2.05, 4.69) is 15.9 Å². The molecule has 1 aromatic rings. The van der Waals surface area contributed by atoms with Crippen LogP contribution in [0.3, 0.4) is 0 Å². The van der Waals surface area contributed by atoms with Crippen molar-refractivity contribution >= 4 is 27.9 Å². The Labute approximate surface area is 121 Å². The topological polar surface area (TPSA) is 29.5 Å². The third kappa shape index (κ3) is 2.68. The fourth-order valence-corrected chi connectivity index (χ4v) is 2.95. The summed E-state index contributed by atoms with van der Waals surface area (Å²) in [5.41, 5.74) is 1.73. The smallest absolute Gasteiger partial charge is 0.253 e. The molecule has 2 aliphatic heterocycles. The lowest BCUT2D eigenvalue weighted by atomic mass is 10.0. The lowest BCUT2D eigenvalue weighted by Gasteiger charge is -2.28. The average molecular weight is 322 g/mol. The molecule has 0 unspecified atom stereocenters. The molecular weight excluding hydrogens is 306 g/mol. The van der Waals surface area contributed by atoms with E-state index in [-0.39, 0.29) is 5.91 Å². The first-order valence-corrected chi connectivity index (χ1v) is 7.45. The Bertz CT molecular complexity index is 533. The second-order valence-electron chi connectivity index (χ2n) is 4.99. The molecule has 2 aliphatic rings. The predicted octanol–water partition coefficient (Wildman–Crippen LogP) is 3.24. The van der Waals surface area contributed by atoms with Crippen LogP contribution >= 0.6 is 15.9 Å². The number of hydrogen-bond acceptors (Lipinski definition) is 2. The summed E-state index contributed by atoms with van der Waals surface area (Å²) in [6.07, 6.45) is 5.42. The van der Waals surface area contributed by atoms with E-state index in [1.165, 1.54) is 6.42 Å². The maximum atomic E-state index is 12.4. The zero-order valence-corrected chi connectivity index (χ0v) is 12.3. The highest BCUT2D eigenvalue weighted by Crippen LogP contribution is 2.29. The van der Waals surface area contributed by atoms with E-state index in [9.17, 15) is 4.79 Å². The molecular formula is C15H16BrNO2. The van der Waals surface area contributed by atoms with Crippen LogP contribution < -0.4 is 4.74 Å². The standard InChI is InChI=1S/C15H16BrNO2/c16-13-4-5-14-11(9-13)8-12(10-19-14)15(18)17-6-2-1-3-7-17/h4-5,8-9H,1-3,6-7,10H2. The Hall–Kier alpha value is -1.29. The predicted molar refractivity (Wildman–Crippen MR) is 78.0 cm³/mol. The first kappa shape index (κ1) is 12.7. The van der Waals surface area contributed by atoms with Gasteiger partial charge in [-0.15, -0.1) is 0 Å². The lowest BCUT2D eigenvalue weighted by molar-refractivity contribution is -0.128. The number of amides is 1. The van der Waals surface area contributed by atoms with Crippen molar-refractivity contribution in [2.24, 2.45) is 0 Å². The van der Waals surface area contributed by atoms with Crippen LogP contribution in [0.2, 0.25) is 0 Å². The van der Waals surface area contributed by atoms with Gasteiger partial charge >= 0.3 is 0 Å². The van der Waals surface area contributed by atoms with Crippen molar-refractivity contribution in [1.29, 1.82) is 0 Å². The van der Waals surface area contributed by atoms with Gasteiger partial charge in [0.25, 0.3) is 5.91 Å². The van der Waals surface area contributed by atoms with Crippen molar-refractivity contribution in [2.75, 3.05) is 19.7 Å². The van der Waals surface area contributed by atoms with E-state index in [0.717, 1.165) is 47.3 Å².